The van der Waals surface area contributed by atoms with Crippen molar-refractivity contribution in [1.29, 1.82) is 0 Å². The van der Waals surface area contributed by atoms with Crippen LogP contribution in [0.1, 0.15) is 26.2 Å². The van der Waals surface area contributed by atoms with Gasteiger partial charge in [-0.25, -0.2) is 0 Å². The Labute approximate surface area is 71.9 Å². The highest BCUT2D eigenvalue weighted by molar-refractivity contribution is 5.80. The third-order valence-electron chi connectivity index (χ3n) is 2.84. The molecule has 0 aromatic heterocycles. The molecule has 0 aliphatic heterocycles. The second-order valence-corrected chi connectivity index (χ2v) is 3.80. The maximum absolute atomic E-state index is 10.7. The van der Waals surface area contributed by atoms with Crippen molar-refractivity contribution < 1.29 is 9.90 Å². The highest BCUT2D eigenvalue weighted by Crippen LogP contribution is 2.36. The van der Waals surface area contributed by atoms with E-state index in [2.05, 4.69) is 0 Å². The summed E-state index contributed by atoms with van der Waals surface area (Å²) in [5, 5.41) is 9.39. The van der Waals surface area contributed by atoms with Crippen LogP contribution in [-0.2, 0) is 4.79 Å². The van der Waals surface area contributed by atoms with E-state index in [1.807, 2.05) is 0 Å². The van der Waals surface area contributed by atoms with Crippen LogP contribution in [0.2, 0.25) is 0 Å². The second kappa shape index (κ2) is 3.03. The lowest BCUT2D eigenvalue weighted by Gasteiger charge is -2.41. The van der Waals surface area contributed by atoms with E-state index >= 15 is 0 Å². The minimum atomic E-state index is -1.22. The van der Waals surface area contributed by atoms with E-state index in [-0.39, 0.29) is 5.92 Å². The van der Waals surface area contributed by atoms with Crippen LogP contribution < -0.4 is 11.5 Å². The summed E-state index contributed by atoms with van der Waals surface area (Å²) in [6.07, 6.45) is 1.88. The molecule has 1 rings (SSSR count). The molecule has 70 valence electrons. The molecule has 0 radical (unpaired) electrons. The molecule has 1 fully saturated rings. The summed E-state index contributed by atoms with van der Waals surface area (Å²) in [5.74, 6) is -0.494. The number of aliphatic hydroxyl groups excluding tert-OH is 1. The first kappa shape index (κ1) is 9.48. The monoisotopic (exact) mass is 172 g/mol. The van der Waals surface area contributed by atoms with Gasteiger partial charge in [-0.2, -0.15) is 0 Å². The van der Waals surface area contributed by atoms with E-state index in [0.717, 1.165) is 19.3 Å². The van der Waals surface area contributed by atoms with Crippen LogP contribution in [-0.4, -0.2) is 22.7 Å². The Morgan fingerprint density at radius 3 is 2.42 bits per heavy atom. The van der Waals surface area contributed by atoms with Crippen molar-refractivity contribution in [3.05, 3.63) is 0 Å². The van der Waals surface area contributed by atoms with Crippen LogP contribution in [0, 0.1) is 5.92 Å². The first-order valence-electron chi connectivity index (χ1n) is 4.22. The van der Waals surface area contributed by atoms with Gasteiger partial charge in [0.25, 0.3) is 0 Å². The predicted octanol–water partition coefficient (Wildman–Crippen LogP) is -0.650. The average Bonchev–Trinajstić information content (AvgIpc) is 1.80. The Hall–Kier alpha value is -0.610. The minimum Gasteiger partial charge on any atom is -0.381 e. The third-order valence-corrected chi connectivity index (χ3v) is 2.84. The molecule has 0 saturated heterocycles. The summed E-state index contributed by atoms with van der Waals surface area (Å²) in [6.45, 7) is 1.69. The number of hydrogen-bond donors (Lipinski definition) is 3. The van der Waals surface area contributed by atoms with Crippen LogP contribution in [0.15, 0.2) is 0 Å². The van der Waals surface area contributed by atoms with Crippen LogP contribution in [0.4, 0.5) is 0 Å². The molecule has 0 aromatic carbocycles. The molecular formula is C8H16N2O2. The number of rotatable bonds is 3. The molecule has 0 heterocycles. The molecule has 2 unspecified atom stereocenters. The highest BCUT2D eigenvalue weighted by Gasteiger charge is 2.42. The van der Waals surface area contributed by atoms with Gasteiger partial charge in [0.1, 0.15) is 6.10 Å². The Kier molecular flexibility index (Phi) is 2.39. The molecule has 2 atom stereocenters. The molecule has 0 aromatic rings. The van der Waals surface area contributed by atoms with Crippen molar-refractivity contribution in [2.75, 3.05) is 0 Å². The van der Waals surface area contributed by atoms with Crippen molar-refractivity contribution >= 4 is 5.91 Å². The van der Waals surface area contributed by atoms with Crippen LogP contribution >= 0.6 is 0 Å². The Morgan fingerprint density at radius 2 is 2.17 bits per heavy atom. The Bertz CT molecular complexity index is 187. The summed E-state index contributed by atoms with van der Waals surface area (Å²) in [7, 11) is 0. The maximum Gasteiger partial charge on any atom is 0.248 e. The van der Waals surface area contributed by atoms with Gasteiger partial charge in [-0.15, -0.1) is 0 Å². The normalized spacial score (nSPS) is 25.6. The first-order chi connectivity index (χ1) is 5.46. The SMILES string of the molecule is CC(N)(C1CCC1)C(O)C(N)=O. The van der Waals surface area contributed by atoms with Crippen molar-refractivity contribution in [3.8, 4) is 0 Å². The maximum atomic E-state index is 10.7. The van der Waals surface area contributed by atoms with Gasteiger partial charge < -0.3 is 16.6 Å². The molecule has 1 aliphatic carbocycles. The summed E-state index contributed by atoms with van der Waals surface area (Å²) in [4.78, 5) is 10.7. The van der Waals surface area contributed by atoms with Gasteiger partial charge in [-0.3, -0.25) is 4.79 Å². The van der Waals surface area contributed by atoms with Gasteiger partial charge in [0.05, 0.1) is 5.54 Å². The quantitative estimate of drug-likeness (QED) is 0.528. The number of carbonyl (C=O) groups is 1. The van der Waals surface area contributed by atoms with E-state index < -0.39 is 17.6 Å². The molecule has 0 spiro atoms. The molecule has 1 saturated carbocycles. The van der Waals surface area contributed by atoms with Gasteiger partial charge in [0.2, 0.25) is 5.91 Å². The Morgan fingerprint density at radius 1 is 1.67 bits per heavy atom. The molecule has 1 amide bonds. The number of primary amides is 1. The fraction of sp³-hybridized carbons (Fsp3) is 0.875. The fourth-order valence-corrected chi connectivity index (χ4v) is 1.56. The van der Waals surface area contributed by atoms with Crippen molar-refractivity contribution in [1.82, 2.24) is 0 Å². The number of nitrogens with two attached hydrogens (primary N) is 2. The zero-order valence-electron chi connectivity index (χ0n) is 7.29. The van der Waals surface area contributed by atoms with Crippen molar-refractivity contribution in [3.63, 3.8) is 0 Å². The standard InChI is InChI=1S/C8H16N2O2/c1-8(10,5-3-2-4-5)6(11)7(9)12/h5-6,11H,2-4,10H2,1H3,(H2,9,12). The molecular weight excluding hydrogens is 156 g/mol. The highest BCUT2D eigenvalue weighted by atomic mass is 16.3. The molecule has 4 nitrogen and oxygen atoms in total. The summed E-state index contributed by atoms with van der Waals surface area (Å²) >= 11 is 0. The average molecular weight is 172 g/mol. The second-order valence-electron chi connectivity index (χ2n) is 3.80. The fourth-order valence-electron chi connectivity index (χ4n) is 1.56. The van der Waals surface area contributed by atoms with Gasteiger partial charge in [-0.1, -0.05) is 6.42 Å². The minimum absolute atomic E-state index is 0.236. The zero-order chi connectivity index (χ0) is 9.35. The lowest BCUT2D eigenvalue weighted by molar-refractivity contribution is -0.131. The van der Waals surface area contributed by atoms with Gasteiger partial charge in [-0.05, 0) is 25.7 Å². The van der Waals surface area contributed by atoms with Gasteiger partial charge in [0.15, 0.2) is 0 Å². The van der Waals surface area contributed by atoms with Crippen LogP contribution in [0.25, 0.3) is 0 Å². The van der Waals surface area contributed by atoms with Gasteiger partial charge in [0, 0.05) is 0 Å². The van der Waals surface area contributed by atoms with Crippen molar-refractivity contribution in [2.24, 2.45) is 17.4 Å². The van der Waals surface area contributed by atoms with E-state index in [4.69, 9.17) is 11.5 Å². The third kappa shape index (κ3) is 1.44. The summed E-state index contributed by atoms with van der Waals surface area (Å²) in [6, 6.07) is 0. The van der Waals surface area contributed by atoms with E-state index in [0.29, 0.717) is 0 Å². The molecule has 5 N–H and O–H groups in total. The van der Waals surface area contributed by atoms with E-state index in [1.165, 1.54) is 0 Å². The van der Waals surface area contributed by atoms with Crippen molar-refractivity contribution in [2.45, 2.75) is 37.8 Å². The smallest absolute Gasteiger partial charge is 0.248 e. The zero-order valence-corrected chi connectivity index (χ0v) is 7.29. The van der Waals surface area contributed by atoms with Crippen LogP contribution in [0.3, 0.4) is 0 Å². The lowest BCUT2D eigenvalue weighted by Crippen LogP contribution is -2.60. The van der Waals surface area contributed by atoms with E-state index in [9.17, 15) is 9.90 Å². The number of hydrogen-bond acceptors (Lipinski definition) is 3. The molecule has 1 aliphatic rings. The topological polar surface area (TPSA) is 89.3 Å². The molecule has 12 heavy (non-hydrogen) atoms. The molecule has 0 bridgehead atoms. The number of aliphatic hydroxyl groups is 1. The summed E-state index contributed by atoms with van der Waals surface area (Å²) in [5.41, 5.74) is 9.94. The first-order valence-corrected chi connectivity index (χ1v) is 4.22. The Balaban J connectivity index is 2.62. The predicted molar refractivity (Wildman–Crippen MR) is 45.1 cm³/mol. The van der Waals surface area contributed by atoms with Crippen LogP contribution in [0.5, 0.6) is 0 Å². The summed E-state index contributed by atoms with van der Waals surface area (Å²) < 4.78 is 0. The van der Waals surface area contributed by atoms with Gasteiger partial charge >= 0.3 is 0 Å². The number of amides is 1. The largest absolute Gasteiger partial charge is 0.381 e. The lowest BCUT2D eigenvalue weighted by atomic mass is 9.69. The number of carbonyl (C=O) groups excluding carboxylic acids is 1. The molecule has 4 heteroatoms. The van der Waals surface area contributed by atoms with E-state index in [1.54, 1.807) is 6.92 Å².